The monoisotopic (exact) mass is 306 g/mol. The van der Waals surface area contributed by atoms with Crippen LogP contribution in [0.3, 0.4) is 0 Å². The van der Waals surface area contributed by atoms with Gasteiger partial charge in [-0.1, -0.05) is 6.07 Å². The Balaban J connectivity index is 1.90. The minimum atomic E-state index is -0.119. The Labute approximate surface area is 131 Å². The minimum Gasteiger partial charge on any atom is -0.493 e. The number of benzene rings is 1. The van der Waals surface area contributed by atoms with E-state index >= 15 is 0 Å². The van der Waals surface area contributed by atoms with Gasteiger partial charge in [-0.15, -0.1) is 0 Å². The second kappa shape index (κ2) is 7.79. The second-order valence-corrected chi connectivity index (χ2v) is 5.54. The molecule has 1 fully saturated rings. The Kier molecular flexibility index (Phi) is 5.77. The summed E-state index contributed by atoms with van der Waals surface area (Å²) >= 11 is 0. The molecular weight excluding hydrogens is 282 g/mol. The lowest BCUT2D eigenvalue weighted by atomic mass is 10.1. The van der Waals surface area contributed by atoms with Gasteiger partial charge < -0.3 is 14.4 Å². The quantitative estimate of drug-likeness (QED) is 0.754. The molecule has 1 aliphatic rings. The summed E-state index contributed by atoms with van der Waals surface area (Å²) < 4.78 is 10.4. The average molecular weight is 306 g/mol. The van der Waals surface area contributed by atoms with Crippen LogP contribution >= 0.6 is 0 Å². The van der Waals surface area contributed by atoms with Crippen LogP contribution in [0.15, 0.2) is 23.3 Å². The average Bonchev–Trinajstić information content (AvgIpc) is 2.54. The number of hydrogen-bond acceptors (Lipinski definition) is 4. The summed E-state index contributed by atoms with van der Waals surface area (Å²) in [6.07, 6.45) is 2.16. The number of likely N-dealkylation sites (tertiary alicyclic amines) is 1. The molecular formula is C16H24N3O3+. The van der Waals surface area contributed by atoms with Crippen LogP contribution in [0.2, 0.25) is 0 Å². The zero-order valence-corrected chi connectivity index (χ0v) is 13.4. The maximum absolute atomic E-state index is 12.0. The van der Waals surface area contributed by atoms with Gasteiger partial charge in [0.25, 0.3) is 0 Å². The van der Waals surface area contributed by atoms with Gasteiger partial charge in [-0.2, -0.15) is 5.10 Å². The van der Waals surface area contributed by atoms with Gasteiger partial charge in [0.2, 0.25) is 5.91 Å². The van der Waals surface area contributed by atoms with Crippen molar-refractivity contribution in [2.24, 2.45) is 5.10 Å². The zero-order valence-electron chi connectivity index (χ0n) is 13.4. The van der Waals surface area contributed by atoms with Crippen molar-refractivity contribution in [3.63, 3.8) is 0 Å². The van der Waals surface area contributed by atoms with Gasteiger partial charge in [0, 0.05) is 18.6 Å². The molecule has 0 saturated carbocycles. The number of carbonyl (C=O) groups is 1. The maximum Gasteiger partial charge on any atom is 0.244 e. The first-order chi connectivity index (χ1) is 10.6. The van der Waals surface area contributed by atoms with Crippen molar-refractivity contribution in [3.05, 3.63) is 23.8 Å². The Hall–Kier alpha value is -2.08. The number of nitrogens with one attached hydrogen (secondary N) is 2. The number of quaternary nitrogens is 1. The van der Waals surface area contributed by atoms with Gasteiger partial charge >= 0.3 is 0 Å². The standard InChI is InChI=1S/C16H23N3O3/c1-19-8-6-13(7-9-19)17-18-16(20)11-12-4-5-14(21-2)15(10-12)22-3/h4-5,10H,6-9,11H2,1-3H3,(H,18,20)/p+1. The summed E-state index contributed by atoms with van der Waals surface area (Å²) in [6.45, 7) is 2.15. The van der Waals surface area contributed by atoms with E-state index in [1.54, 1.807) is 20.3 Å². The van der Waals surface area contributed by atoms with Crippen molar-refractivity contribution < 1.29 is 19.2 Å². The molecule has 22 heavy (non-hydrogen) atoms. The Morgan fingerprint density at radius 1 is 1.23 bits per heavy atom. The fourth-order valence-electron chi connectivity index (χ4n) is 2.43. The van der Waals surface area contributed by atoms with Crippen molar-refractivity contribution in [1.29, 1.82) is 0 Å². The molecule has 0 bridgehead atoms. The Morgan fingerprint density at radius 2 is 1.91 bits per heavy atom. The topological polar surface area (TPSA) is 64.4 Å². The highest BCUT2D eigenvalue weighted by atomic mass is 16.5. The molecule has 2 N–H and O–H groups in total. The van der Waals surface area contributed by atoms with E-state index in [1.165, 1.54) is 4.90 Å². The number of amides is 1. The number of rotatable bonds is 5. The number of nitrogens with zero attached hydrogens (tertiary/aromatic N) is 1. The maximum atomic E-state index is 12.0. The predicted octanol–water partition coefficient (Wildman–Crippen LogP) is 0.0270. The predicted molar refractivity (Wildman–Crippen MR) is 84.7 cm³/mol. The molecule has 1 heterocycles. The van der Waals surface area contributed by atoms with Crippen LogP contribution in [-0.2, 0) is 11.2 Å². The van der Waals surface area contributed by atoms with Crippen molar-refractivity contribution in [2.45, 2.75) is 19.3 Å². The van der Waals surface area contributed by atoms with Crippen LogP contribution < -0.4 is 19.8 Å². The zero-order chi connectivity index (χ0) is 15.9. The van der Waals surface area contributed by atoms with Crippen LogP contribution in [0.4, 0.5) is 0 Å². The molecule has 6 nitrogen and oxygen atoms in total. The molecule has 1 aromatic carbocycles. The van der Waals surface area contributed by atoms with E-state index in [1.807, 2.05) is 12.1 Å². The van der Waals surface area contributed by atoms with Gasteiger partial charge in [-0.3, -0.25) is 4.79 Å². The third-order valence-corrected chi connectivity index (χ3v) is 3.83. The molecule has 0 spiro atoms. The van der Waals surface area contributed by atoms with E-state index < -0.39 is 0 Å². The molecule has 1 aliphatic heterocycles. The summed E-state index contributed by atoms with van der Waals surface area (Å²) in [7, 11) is 5.34. The molecule has 0 aliphatic carbocycles. The number of ether oxygens (including phenoxy) is 2. The number of carbonyl (C=O) groups excluding carboxylic acids is 1. The fraction of sp³-hybridized carbons (Fsp3) is 0.500. The summed E-state index contributed by atoms with van der Waals surface area (Å²) in [5.74, 6) is 1.16. The molecule has 6 heteroatoms. The summed E-state index contributed by atoms with van der Waals surface area (Å²) in [5.41, 5.74) is 4.59. The summed E-state index contributed by atoms with van der Waals surface area (Å²) in [4.78, 5) is 13.5. The van der Waals surface area contributed by atoms with Gasteiger partial charge in [0.15, 0.2) is 11.5 Å². The van der Waals surface area contributed by atoms with Gasteiger partial charge in [-0.25, -0.2) is 5.43 Å². The van der Waals surface area contributed by atoms with Crippen LogP contribution in [0, 0.1) is 0 Å². The normalized spacial score (nSPS) is 17.8. The van der Waals surface area contributed by atoms with Crippen molar-refractivity contribution in [2.75, 3.05) is 34.4 Å². The third-order valence-electron chi connectivity index (χ3n) is 3.83. The second-order valence-electron chi connectivity index (χ2n) is 5.54. The molecule has 0 unspecified atom stereocenters. The van der Waals surface area contributed by atoms with Crippen molar-refractivity contribution >= 4 is 11.6 Å². The molecule has 0 radical (unpaired) electrons. The summed E-state index contributed by atoms with van der Waals surface area (Å²) in [5, 5.41) is 4.24. The molecule has 1 saturated heterocycles. The van der Waals surface area contributed by atoms with E-state index in [0.717, 1.165) is 37.2 Å². The number of hydrazone groups is 1. The fourth-order valence-corrected chi connectivity index (χ4v) is 2.43. The van der Waals surface area contributed by atoms with Gasteiger partial charge in [-0.05, 0) is 17.7 Å². The Bertz CT molecular complexity index is 548. The summed E-state index contributed by atoms with van der Waals surface area (Å²) in [6, 6.07) is 5.46. The molecule has 120 valence electrons. The lowest BCUT2D eigenvalue weighted by Gasteiger charge is -2.20. The van der Waals surface area contributed by atoms with E-state index in [0.29, 0.717) is 11.5 Å². The highest BCUT2D eigenvalue weighted by Gasteiger charge is 2.14. The SMILES string of the molecule is COc1ccc(CC(=O)NN=C2CC[NH+](C)CC2)cc1OC. The highest BCUT2D eigenvalue weighted by Crippen LogP contribution is 2.27. The van der Waals surface area contributed by atoms with Crippen LogP contribution in [0.1, 0.15) is 18.4 Å². The highest BCUT2D eigenvalue weighted by molar-refractivity contribution is 5.87. The first-order valence-electron chi connectivity index (χ1n) is 7.49. The minimum absolute atomic E-state index is 0.119. The van der Waals surface area contributed by atoms with Crippen LogP contribution in [0.5, 0.6) is 11.5 Å². The molecule has 0 aromatic heterocycles. The van der Waals surface area contributed by atoms with E-state index in [2.05, 4.69) is 17.6 Å². The third kappa shape index (κ3) is 4.46. The van der Waals surface area contributed by atoms with E-state index in [-0.39, 0.29) is 12.3 Å². The number of hydrogen-bond donors (Lipinski definition) is 2. The van der Waals surface area contributed by atoms with E-state index in [4.69, 9.17) is 9.47 Å². The van der Waals surface area contributed by atoms with Crippen LogP contribution in [-0.4, -0.2) is 46.0 Å². The largest absolute Gasteiger partial charge is 0.493 e. The lowest BCUT2D eigenvalue weighted by Crippen LogP contribution is -3.10. The smallest absolute Gasteiger partial charge is 0.244 e. The number of piperidine rings is 1. The van der Waals surface area contributed by atoms with Crippen molar-refractivity contribution in [1.82, 2.24) is 5.43 Å². The number of methoxy groups -OCH3 is 2. The van der Waals surface area contributed by atoms with Gasteiger partial charge in [0.05, 0.1) is 40.8 Å². The van der Waals surface area contributed by atoms with E-state index in [9.17, 15) is 4.79 Å². The molecule has 1 aromatic rings. The Morgan fingerprint density at radius 3 is 2.55 bits per heavy atom. The van der Waals surface area contributed by atoms with Crippen LogP contribution in [0.25, 0.3) is 0 Å². The first-order valence-corrected chi connectivity index (χ1v) is 7.49. The lowest BCUT2D eigenvalue weighted by molar-refractivity contribution is -0.880. The van der Waals surface area contributed by atoms with Crippen molar-refractivity contribution in [3.8, 4) is 11.5 Å². The molecule has 2 rings (SSSR count). The molecule has 0 atom stereocenters. The first kappa shape index (κ1) is 16.3. The molecule has 1 amide bonds. The van der Waals surface area contributed by atoms with Gasteiger partial charge in [0.1, 0.15) is 0 Å².